The number of aryl methyl sites for hydroxylation is 1. The van der Waals surface area contributed by atoms with Crippen molar-refractivity contribution in [1.29, 1.82) is 0 Å². The highest BCUT2D eigenvalue weighted by Crippen LogP contribution is 2.27. The largest absolute Gasteiger partial charge is 0.328 e. The monoisotopic (exact) mass is 321 g/mol. The molecule has 2 atom stereocenters. The van der Waals surface area contributed by atoms with E-state index in [0.717, 1.165) is 30.7 Å². The van der Waals surface area contributed by atoms with E-state index in [9.17, 15) is 0 Å². The highest BCUT2D eigenvalue weighted by molar-refractivity contribution is 8.06. The van der Waals surface area contributed by atoms with Crippen molar-refractivity contribution in [3.8, 4) is 0 Å². The lowest BCUT2D eigenvalue weighted by Crippen LogP contribution is -2.38. The van der Waals surface area contributed by atoms with Crippen LogP contribution in [0.3, 0.4) is 0 Å². The maximum Gasteiger partial charge on any atom is 0.111 e. The van der Waals surface area contributed by atoms with Crippen molar-refractivity contribution in [2.45, 2.75) is 37.6 Å². The van der Waals surface area contributed by atoms with Gasteiger partial charge in [-0.1, -0.05) is 19.1 Å². The third kappa shape index (κ3) is 3.41. The maximum absolute atomic E-state index is 6.48. The number of thioether (sulfide) groups is 2. The van der Waals surface area contributed by atoms with Gasteiger partial charge in [0.05, 0.1) is 11.0 Å². The standard InChI is InChI=1S/C16H23N3S2/c1-2-7-19-14-6-4-3-5-13(14)18-16(19)10-12(17)15-11-20-8-9-21-15/h3-6,12,15H,2,7-11,17H2,1H3. The molecule has 3 rings (SSSR count). The Morgan fingerprint density at radius 2 is 2.24 bits per heavy atom. The summed E-state index contributed by atoms with van der Waals surface area (Å²) in [4.78, 5) is 4.83. The zero-order chi connectivity index (χ0) is 14.7. The molecule has 1 aromatic carbocycles. The lowest BCUT2D eigenvalue weighted by Gasteiger charge is -2.26. The quantitative estimate of drug-likeness (QED) is 0.919. The van der Waals surface area contributed by atoms with Gasteiger partial charge in [0.15, 0.2) is 0 Å². The summed E-state index contributed by atoms with van der Waals surface area (Å²) < 4.78 is 2.36. The molecule has 114 valence electrons. The fourth-order valence-corrected chi connectivity index (χ4v) is 5.67. The van der Waals surface area contributed by atoms with Gasteiger partial charge in [0.1, 0.15) is 5.82 Å². The van der Waals surface area contributed by atoms with E-state index in [1.54, 1.807) is 0 Å². The van der Waals surface area contributed by atoms with Crippen LogP contribution in [0.2, 0.25) is 0 Å². The highest BCUT2D eigenvalue weighted by Gasteiger charge is 2.23. The predicted molar refractivity (Wildman–Crippen MR) is 95.3 cm³/mol. The molecule has 3 nitrogen and oxygen atoms in total. The van der Waals surface area contributed by atoms with Crippen LogP contribution in [0, 0.1) is 0 Å². The molecular formula is C16H23N3S2. The molecule has 5 heteroatoms. The van der Waals surface area contributed by atoms with Gasteiger partial charge in [-0.25, -0.2) is 4.98 Å². The molecule has 0 spiro atoms. The van der Waals surface area contributed by atoms with Gasteiger partial charge in [0, 0.05) is 41.5 Å². The van der Waals surface area contributed by atoms with E-state index in [4.69, 9.17) is 10.7 Å². The Labute approximate surface area is 135 Å². The number of nitrogens with two attached hydrogens (primary N) is 1. The van der Waals surface area contributed by atoms with Gasteiger partial charge in [0.25, 0.3) is 0 Å². The van der Waals surface area contributed by atoms with Crippen molar-refractivity contribution in [3.63, 3.8) is 0 Å². The number of para-hydroxylation sites is 2. The maximum atomic E-state index is 6.48. The Hall–Kier alpha value is -0.650. The number of aromatic nitrogens is 2. The highest BCUT2D eigenvalue weighted by atomic mass is 32.2. The lowest BCUT2D eigenvalue weighted by molar-refractivity contribution is 0.590. The molecule has 0 radical (unpaired) electrons. The minimum atomic E-state index is 0.204. The summed E-state index contributed by atoms with van der Waals surface area (Å²) in [6, 6.07) is 8.62. The van der Waals surface area contributed by atoms with Crippen molar-refractivity contribution < 1.29 is 0 Å². The molecule has 1 aliphatic heterocycles. The molecule has 1 aromatic heterocycles. The molecule has 0 aliphatic carbocycles. The van der Waals surface area contributed by atoms with Gasteiger partial charge >= 0.3 is 0 Å². The summed E-state index contributed by atoms with van der Waals surface area (Å²) in [7, 11) is 0. The Kier molecular flexibility index (Phi) is 5.14. The third-order valence-corrected chi connectivity index (χ3v) is 6.86. The molecule has 0 amide bonds. The zero-order valence-corrected chi connectivity index (χ0v) is 14.1. The second kappa shape index (κ2) is 7.07. The van der Waals surface area contributed by atoms with Crippen LogP contribution >= 0.6 is 23.5 Å². The molecule has 2 heterocycles. The first-order chi connectivity index (χ1) is 10.3. The van der Waals surface area contributed by atoms with Gasteiger partial charge in [-0.05, 0) is 18.6 Å². The van der Waals surface area contributed by atoms with Crippen LogP contribution in [-0.4, -0.2) is 38.1 Å². The van der Waals surface area contributed by atoms with Crippen LogP contribution in [0.1, 0.15) is 19.2 Å². The minimum absolute atomic E-state index is 0.204. The lowest BCUT2D eigenvalue weighted by atomic mass is 10.1. The van der Waals surface area contributed by atoms with Gasteiger partial charge in [0.2, 0.25) is 0 Å². The smallest absolute Gasteiger partial charge is 0.111 e. The van der Waals surface area contributed by atoms with Crippen LogP contribution in [0.5, 0.6) is 0 Å². The SMILES string of the molecule is CCCn1c(CC(N)C2CSCCS2)nc2ccccc21. The first kappa shape index (κ1) is 15.3. The second-order valence-electron chi connectivity index (χ2n) is 5.52. The van der Waals surface area contributed by atoms with Crippen LogP contribution in [0.15, 0.2) is 24.3 Å². The van der Waals surface area contributed by atoms with Gasteiger partial charge in [-0.2, -0.15) is 23.5 Å². The molecule has 1 saturated heterocycles. The van der Waals surface area contributed by atoms with Crippen molar-refractivity contribution in [2.75, 3.05) is 17.3 Å². The number of benzene rings is 1. The van der Waals surface area contributed by atoms with Crippen molar-refractivity contribution in [3.05, 3.63) is 30.1 Å². The Bertz CT molecular complexity index is 590. The summed E-state index contributed by atoms with van der Waals surface area (Å²) in [5, 5.41) is 0.568. The summed E-state index contributed by atoms with van der Waals surface area (Å²) in [5.41, 5.74) is 8.82. The molecule has 1 fully saturated rings. The van der Waals surface area contributed by atoms with E-state index in [-0.39, 0.29) is 6.04 Å². The number of imidazole rings is 1. The molecule has 0 bridgehead atoms. The van der Waals surface area contributed by atoms with Gasteiger partial charge in [-0.15, -0.1) is 0 Å². The van der Waals surface area contributed by atoms with Crippen LogP contribution in [-0.2, 0) is 13.0 Å². The number of rotatable bonds is 5. The molecule has 2 aromatic rings. The fraction of sp³-hybridized carbons (Fsp3) is 0.562. The summed E-state index contributed by atoms with van der Waals surface area (Å²) in [6.07, 6.45) is 2.00. The second-order valence-corrected chi connectivity index (χ2v) is 8.02. The van der Waals surface area contributed by atoms with Crippen LogP contribution in [0.4, 0.5) is 0 Å². The van der Waals surface area contributed by atoms with Crippen molar-refractivity contribution in [2.24, 2.45) is 5.73 Å². The minimum Gasteiger partial charge on any atom is -0.328 e. The number of hydrogen-bond acceptors (Lipinski definition) is 4. The van der Waals surface area contributed by atoms with Crippen LogP contribution < -0.4 is 5.73 Å². The number of nitrogens with zero attached hydrogens (tertiary/aromatic N) is 2. The van der Waals surface area contributed by atoms with E-state index >= 15 is 0 Å². The predicted octanol–water partition coefficient (Wildman–Crippen LogP) is 3.16. The summed E-state index contributed by atoms with van der Waals surface area (Å²) in [5.74, 6) is 4.83. The molecular weight excluding hydrogens is 298 g/mol. The topological polar surface area (TPSA) is 43.8 Å². The van der Waals surface area contributed by atoms with E-state index in [0.29, 0.717) is 5.25 Å². The number of hydrogen-bond donors (Lipinski definition) is 1. The van der Waals surface area contributed by atoms with Crippen molar-refractivity contribution >= 4 is 34.6 Å². The van der Waals surface area contributed by atoms with E-state index in [1.807, 2.05) is 23.5 Å². The normalized spacial score (nSPS) is 20.8. The van der Waals surface area contributed by atoms with E-state index in [1.165, 1.54) is 22.8 Å². The summed E-state index contributed by atoms with van der Waals surface area (Å²) >= 11 is 4.07. The first-order valence-corrected chi connectivity index (χ1v) is 9.89. The van der Waals surface area contributed by atoms with Crippen molar-refractivity contribution in [1.82, 2.24) is 9.55 Å². The molecule has 1 aliphatic rings. The van der Waals surface area contributed by atoms with Crippen LogP contribution in [0.25, 0.3) is 11.0 Å². The van der Waals surface area contributed by atoms with Gasteiger partial charge in [-0.3, -0.25) is 0 Å². The molecule has 2 unspecified atom stereocenters. The summed E-state index contributed by atoms with van der Waals surface area (Å²) in [6.45, 7) is 3.24. The zero-order valence-electron chi connectivity index (χ0n) is 12.5. The Morgan fingerprint density at radius 3 is 3.00 bits per heavy atom. The Morgan fingerprint density at radius 1 is 1.38 bits per heavy atom. The first-order valence-electron chi connectivity index (χ1n) is 7.68. The molecule has 2 N–H and O–H groups in total. The van der Waals surface area contributed by atoms with E-state index in [2.05, 4.69) is 35.8 Å². The Balaban J connectivity index is 1.83. The third-order valence-electron chi connectivity index (χ3n) is 3.92. The average molecular weight is 322 g/mol. The molecule has 21 heavy (non-hydrogen) atoms. The van der Waals surface area contributed by atoms with E-state index < -0.39 is 0 Å². The number of fused-ring (bicyclic) bond motifs is 1. The fourth-order valence-electron chi connectivity index (χ4n) is 2.85. The van der Waals surface area contributed by atoms with Gasteiger partial charge < -0.3 is 10.3 Å². The molecule has 0 saturated carbocycles. The average Bonchev–Trinajstić information content (AvgIpc) is 2.86.